The zero-order valence-corrected chi connectivity index (χ0v) is 14.0. The summed E-state index contributed by atoms with van der Waals surface area (Å²) in [5.74, 6) is 0.0460. The van der Waals surface area contributed by atoms with E-state index in [1.54, 1.807) is 0 Å². The van der Waals surface area contributed by atoms with Crippen LogP contribution in [0.2, 0.25) is 0 Å². The van der Waals surface area contributed by atoms with E-state index in [2.05, 4.69) is 15.5 Å². The summed E-state index contributed by atoms with van der Waals surface area (Å²) in [7, 11) is 0. The maximum Gasteiger partial charge on any atom is 0.220 e. The predicted molar refractivity (Wildman–Crippen MR) is 90.3 cm³/mol. The Labute approximate surface area is 137 Å². The molecule has 1 aromatic heterocycles. The minimum Gasteiger partial charge on any atom is -0.391 e. The van der Waals surface area contributed by atoms with Crippen LogP contribution in [0.1, 0.15) is 41.8 Å². The molecular formula is C18H25N3O2. The van der Waals surface area contributed by atoms with Crippen LogP contribution >= 0.6 is 0 Å². The van der Waals surface area contributed by atoms with Crippen molar-refractivity contribution >= 4 is 5.91 Å². The number of amides is 1. The van der Waals surface area contributed by atoms with Gasteiger partial charge >= 0.3 is 0 Å². The van der Waals surface area contributed by atoms with Gasteiger partial charge in [-0.15, -0.1) is 0 Å². The van der Waals surface area contributed by atoms with Crippen LogP contribution in [0.25, 0.3) is 0 Å². The van der Waals surface area contributed by atoms with Crippen molar-refractivity contribution in [3.05, 3.63) is 52.8 Å². The monoisotopic (exact) mass is 315 g/mol. The Hall–Kier alpha value is -2.14. The molecule has 2 atom stereocenters. The first-order valence-electron chi connectivity index (χ1n) is 7.97. The van der Waals surface area contributed by atoms with Crippen molar-refractivity contribution in [3.8, 4) is 0 Å². The normalized spacial score (nSPS) is 13.6. The van der Waals surface area contributed by atoms with E-state index >= 15 is 0 Å². The summed E-state index contributed by atoms with van der Waals surface area (Å²) in [6.45, 7) is 6.19. The molecule has 0 spiro atoms. The lowest BCUT2D eigenvalue weighted by atomic mass is 9.95. The lowest BCUT2D eigenvalue weighted by Crippen LogP contribution is -2.33. The molecule has 0 aliphatic rings. The zero-order chi connectivity index (χ0) is 16.8. The molecule has 0 saturated carbocycles. The molecule has 2 aromatic rings. The number of aliphatic hydroxyl groups excluding tert-OH is 1. The molecule has 23 heavy (non-hydrogen) atoms. The van der Waals surface area contributed by atoms with E-state index in [4.69, 9.17) is 0 Å². The third-order valence-corrected chi connectivity index (χ3v) is 4.02. The molecule has 0 aliphatic carbocycles. The largest absolute Gasteiger partial charge is 0.391 e. The Kier molecular flexibility index (Phi) is 5.93. The maximum absolute atomic E-state index is 12.1. The highest BCUT2D eigenvalue weighted by Gasteiger charge is 2.18. The number of aromatic nitrogens is 2. The first-order valence-corrected chi connectivity index (χ1v) is 7.97. The van der Waals surface area contributed by atoms with Crippen molar-refractivity contribution in [2.75, 3.05) is 6.54 Å². The van der Waals surface area contributed by atoms with E-state index in [0.717, 1.165) is 22.5 Å². The first-order chi connectivity index (χ1) is 11.0. The van der Waals surface area contributed by atoms with Gasteiger partial charge in [0.15, 0.2) is 0 Å². The number of hydrogen-bond acceptors (Lipinski definition) is 3. The molecule has 1 heterocycles. The Morgan fingerprint density at radius 1 is 1.30 bits per heavy atom. The Bertz CT molecular complexity index is 617. The third kappa shape index (κ3) is 4.93. The van der Waals surface area contributed by atoms with Crippen LogP contribution in [0.4, 0.5) is 0 Å². The van der Waals surface area contributed by atoms with Crippen LogP contribution in [-0.4, -0.2) is 33.9 Å². The molecule has 1 amide bonds. The second-order valence-corrected chi connectivity index (χ2v) is 6.10. The molecular weight excluding hydrogens is 290 g/mol. The number of aryl methyl sites for hydroxylation is 2. The average Bonchev–Trinajstić information content (AvgIpc) is 2.85. The smallest absolute Gasteiger partial charge is 0.220 e. The molecule has 124 valence electrons. The van der Waals surface area contributed by atoms with Crippen molar-refractivity contribution in [1.29, 1.82) is 0 Å². The van der Waals surface area contributed by atoms with Gasteiger partial charge in [0.05, 0.1) is 11.8 Å². The van der Waals surface area contributed by atoms with Crippen molar-refractivity contribution in [3.63, 3.8) is 0 Å². The molecule has 0 aliphatic heterocycles. The lowest BCUT2D eigenvalue weighted by Gasteiger charge is -2.15. The summed E-state index contributed by atoms with van der Waals surface area (Å²) < 4.78 is 0. The fraction of sp³-hybridized carbons (Fsp3) is 0.444. The first kappa shape index (κ1) is 17.2. The number of rotatable bonds is 7. The third-order valence-electron chi connectivity index (χ3n) is 4.02. The minimum absolute atomic E-state index is 0.0513. The van der Waals surface area contributed by atoms with Crippen molar-refractivity contribution in [1.82, 2.24) is 15.5 Å². The van der Waals surface area contributed by atoms with Gasteiger partial charge in [-0.3, -0.25) is 9.89 Å². The van der Waals surface area contributed by atoms with E-state index in [0.29, 0.717) is 12.8 Å². The van der Waals surface area contributed by atoms with Gasteiger partial charge in [0.2, 0.25) is 5.91 Å². The summed E-state index contributed by atoms with van der Waals surface area (Å²) in [5.41, 5.74) is 4.11. The van der Waals surface area contributed by atoms with Crippen LogP contribution in [0, 0.1) is 13.8 Å². The lowest BCUT2D eigenvalue weighted by molar-refractivity contribution is -0.121. The van der Waals surface area contributed by atoms with Gasteiger partial charge in [-0.2, -0.15) is 5.10 Å². The molecule has 1 aromatic carbocycles. The number of nitrogens with one attached hydrogen (secondary N) is 2. The number of H-pyrrole nitrogens is 1. The molecule has 0 fully saturated rings. The number of aromatic amines is 1. The van der Waals surface area contributed by atoms with E-state index in [1.165, 1.54) is 0 Å². The molecule has 2 rings (SSSR count). The highest BCUT2D eigenvalue weighted by molar-refractivity contribution is 5.76. The second kappa shape index (κ2) is 7.92. The van der Waals surface area contributed by atoms with Gasteiger partial charge in [0.25, 0.3) is 0 Å². The fourth-order valence-electron chi connectivity index (χ4n) is 2.93. The van der Waals surface area contributed by atoms with Gasteiger partial charge in [0.1, 0.15) is 0 Å². The number of benzene rings is 1. The molecule has 5 nitrogen and oxygen atoms in total. The molecule has 0 radical (unpaired) electrons. The van der Waals surface area contributed by atoms with Gasteiger partial charge in [-0.05, 0) is 30.9 Å². The molecule has 5 heteroatoms. The number of nitrogens with zero attached hydrogens (tertiary/aromatic N) is 1. The number of carbonyl (C=O) groups excluding carboxylic acids is 1. The maximum atomic E-state index is 12.1. The highest BCUT2D eigenvalue weighted by atomic mass is 16.3. The van der Waals surface area contributed by atoms with Gasteiger partial charge < -0.3 is 10.4 Å². The Morgan fingerprint density at radius 2 is 2.00 bits per heavy atom. The molecule has 3 N–H and O–H groups in total. The molecule has 0 unspecified atom stereocenters. The summed E-state index contributed by atoms with van der Waals surface area (Å²) in [6.07, 6.45) is 0.352. The fourth-order valence-corrected chi connectivity index (χ4v) is 2.93. The average molecular weight is 315 g/mol. The minimum atomic E-state index is -0.575. The van der Waals surface area contributed by atoms with Crippen LogP contribution in [0.3, 0.4) is 0 Å². The van der Waals surface area contributed by atoms with Gasteiger partial charge in [0, 0.05) is 25.1 Å². The highest BCUT2D eigenvalue weighted by Crippen LogP contribution is 2.24. The zero-order valence-electron chi connectivity index (χ0n) is 14.0. The van der Waals surface area contributed by atoms with E-state index in [1.807, 2.05) is 51.1 Å². The van der Waals surface area contributed by atoms with Crippen LogP contribution in [0.5, 0.6) is 0 Å². The summed E-state index contributed by atoms with van der Waals surface area (Å²) in [5, 5.41) is 20.0. The van der Waals surface area contributed by atoms with E-state index < -0.39 is 6.10 Å². The number of carbonyl (C=O) groups is 1. The summed E-state index contributed by atoms with van der Waals surface area (Å²) in [6, 6.07) is 9.77. The summed E-state index contributed by atoms with van der Waals surface area (Å²) in [4.78, 5) is 12.1. The van der Waals surface area contributed by atoms with Crippen LogP contribution in [0.15, 0.2) is 30.3 Å². The number of hydrogen-bond donors (Lipinski definition) is 3. The summed E-state index contributed by atoms with van der Waals surface area (Å²) >= 11 is 0. The second-order valence-electron chi connectivity index (χ2n) is 6.10. The standard InChI is InChI=1S/C18H25N3O2/c1-12(18-13(2)20-21-14(18)3)9-17(23)19-11-16(22)10-15-7-5-4-6-8-15/h4-8,12,16,22H,9-11H2,1-3H3,(H,19,23)(H,20,21)/t12-,16-/m0/s1. The van der Waals surface area contributed by atoms with E-state index in [-0.39, 0.29) is 18.4 Å². The Balaban J connectivity index is 1.79. The van der Waals surface area contributed by atoms with E-state index in [9.17, 15) is 9.90 Å². The topological polar surface area (TPSA) is 78.0 Å². The van der Waals surface area contributed by atoms with Crippen molar-refractivity contribution in [2.45, 2.75) is 45.6 Å². The van der Waals surface area contributed by atoms with Crippen LogP contribution < -0.4 is 5.32 Å². The Morgan fingerprint density at radius 3 is 2.61 bits per heavy atom. The van der Waals surface area contributed by atoms with Gasteiger partial charge in [-0.25, -0.2) is 0 Å². The molecule has 0 saturated heterocycles. The van der Waals surface area contributed by atoms with Crippen molar-refractivity contribution < 1.29 is 9.90 Å². The van der Waals surface area contributed by atoms with Gasteiger partial charge in [-0.1, -0.05) is 37.3 Å². The number of aliphatic hydroxyl groups is 1. The predicted octanol–water partition coefficient (Wildman–Crippen LogP) is 2.24. The molecule has 0 bridgehead atoms. The van der Waals surface area contributed by atoms with Crippen molar-refractivity contribution in [2.24, 2.45) is 0 Å². The van der Waals surface area contributed by atoms with Crippen LogP contribution in [-0.2, 0) is 11.2 Å². The SMILES string of the molecule is Cc1n[nH]c(C)c1[C@@H](C)CC(=O)NC[C@@H](O)Cc1ccccc1. The quantitative estimate of drug-likeness (QED) is 0.733.